The predicted octanol–water partition coefficient (Wildman–Crippen LogP) is 3.34. The third-order valence-corrected chi connectivity index (χ3v) is 3.40. The van der Waals surface area contributed by atoms with Crippen LogP contribution in [0.1, 0.15) is 16.8 Å². The standard InChI is InChI=1S/C14H13Cl2N3O2/c1-8-14(21)11(9(7-20)5-17-8)6-18-19-13-4-10(15)2-3-12(13)16/h2-6,19-21H,7H2,1H3. The van der Waals surface area contributed by atoms with Gasteiger partial charge in [-0.2, -0.15) is 5.10 Å². The molecule has 21 heavy (non-hydrogen) atoms. The van der Waals surface area contributed by atoms with Gasteiger partial charge in [0.1, 0.15) is 5.75 Å². The van der Waals surface area contributed by atoms with Crippen molar-refractivity contribution in [3.63, 3.8) is 0 Å². The molecule has 5 nitrogen and oxygen atoms in total. The van der Waals surface area contributed by atoms with Crippen molar-refractivity contribution in [2.24, 2.45) is 5.10 Å². The molecule has 3 N–H and O–H groups in total. The van der Waals surface area contributed by atoms with E-state index in [1.54, 1.807) is 25.1 Å². The molecule has 110 valence electrons. The van der Waals surface area contributed by atoms with Gasteiger partial charge < -0.3 is 10.2 Å². The molecule has 1 aromatic heterocycles. The van der Waals surface area contributed by atoms with Crippen molar-refractivity contribution in [1.29, 1.82) is 0 Å². The third kappa shape index (κ3) is 3.64. The highest BCUT2D eigenvalue weighted by molar-refractivity contribution is 6.35. The Kier molecular flexibility index (Phi) is 5.01. The van der Waals surface area contributed by atoms with E-state index in [2.05, 4.69) is 15.5 Å². The molecular formula is C14H13Cl2N3O2. The number of aromatic nitrogens is 1. The van der Waals surface area contributed by atoms with Crippen LogP contribution in [-0.2, 0) is 6.61 Å². The number of halogens is 2. The number of rotatable bonds is 4. The Hall–Kier alpha value is -1.82. The molecule has 0 bridgehead atoms. The second-order valence-corrected chi connectivity index (χ2v) is 5.13. The molecule has 0 amide bonds. The van der Waals surface area contributed by atoms with Crippen molar-refractivity contribution in [3.8, 4) is 5.75 Å². The summed E-state index contributed by atoms with van der Waals surface area (Å²) in [5, 5.41) is 24.2. The van der Waals surface area contributed by atoms with E-state index in [4.69, 9.17) is 23.2 Å². The maximum absolute atomic E-state index is 9.97. The van der Waals surface area contributed by atoms with E-state index in [-0.39, 0.29) is 12.4 Å². The molecule has 1 aromatic carbocycles. The summed E-state index contributed by atoms with van der Waals surface area (Å²) in [6.45, 7) is 1.41. The van der Waals surface area contributed by atoms with E-state index >= 15 is 0 Å². The van der Waals surface area contributed by atoms with Crippen molar-refractivity contribution in [3.05, 3.63) is 51.3 Å². The highest BCUT2D eigenvalue weighted by Crippen LogP contribution is 2.26. The van der Waals surface area contributed by atoms with Gasteiger partial charge in [-0.1, -0.05) is 23.2 Å². The first-order chi connectivity index (χ1) is 10.0. The zero-order valence-corrected chi connectivity index (χ0v) is 12.7. The molecule has 0 spiro atoms. The minimum atomic E-state index is -0.250. The Morgan fingerprint density at radius 1 is 1.38 bits per heavy atom. The van der Waals surface area contributed by atoms with Crippen molar-refractivity contribution in [1.82, 2.24) is 4.98 Å². The summed E-state index contributed by atoms with van der Waals surface area (Å²) >= 11 is 11.9. The number of pyridine rings is 1. The first-order valence-corrected chi connectivity index (χ1v) is 6.81. The van der Waals surface area contributed by atoms with Crippen molar-refractivity contribution in [2.75, 3.05) is 5.43 Å². The Bertz CT molecular complexity index is 690. The van der Waals surface area contributed by atoms with Crippen LogP contribution in [0.2, 0.25) is 10.0 Å². The van der Waals surface area contributed by atoms with Crippen LogP contribution in [0.25, 0.3) is 0 Å². The highest BCUT2D eigenvalue weighted by Gasteiger charge is 2.09. The van der Waals surface area contributed by atoms with E-state index in [1.807, 2.05) is 0 Å². The largest absolute Gasteiger partial charge is 0.505 e. The summed E-state index contributed by atoms with van der Waals surface area (Å²) in [7, 11) is 0. The number of aromatic hydroxyl groups is 1. The average Bonchev–Trinajstić information content (AvgIpc) is 2.47. The molecule has 0 unspecified atom stereocenters. The number of anilines is 1. The van der Waals surface area contributed by atoms with E-state index in [0.717, 1.165) is 0 Å². The fourth-order valence-electron chi connectivity index (χ4n) is 1.67. The zero-order valence-electron chi connectivity index (χ0n) is 11.1. The quantitative estimate of drug-likeness (QED) is 0.595. The normalized spacial score (nSPS) is 11.0. The number of benzene rings is 1. The summed E-state index contributed by atoms with van der Waals surface area (Å²) in [4.78, 5) is 3.97. The van der Waals surface area contributed by atoms with Gasteiger partial charge in [-0.3, -0.25) is 10.4 Å². The molecule has 7 heteroatoms. The van der Waals surface area contributed by atoms with Crippen molar-refractivity contribution in [2.45, 2.75) is 13.5 Å². The fraction of sp³-hybridized carbons (Fsp3) is 0.143. The lowest BCUT2D eigenvalue weighted by Crippen LogP contribution is -1.99. The van der Waals surface area contributed by atoms with E-state index in [1.165, 1.54) is 12.4 Å². The van der Waals surface area contributed by atoms with Gasteiger partial charge in [0.05, 0.1) is 29.2 Å². The second kappa shape index (κ2) is 6.76. The van der Waals surface area contributed by atoms with Gasteiger partial charge in [0.25, 0.3) is 0 Å². The molecule has 0 aliphatic rings. The van der Waals surface area contributed by atoms with Crippen LogP contribution in [0.15, 0.2) is 29.5 Å². The average molecular weight is 326 g/mol. The number of aliphatic hydroxyl groups is 1. The topological polar surface area (TPSA) is 77.7 Å². The number of hydrazone groups is 1. The lowest BCUT2D eigenvalue weighted by Gasteiger charge is -2.07. The van der Waals surface area contributed by atoms with Gasteiger partial charge in [0.15, 0.2) is 0 Å². The molecule has 0 saturated heterocycles. The SMILES string of the molecule is Cc1ncc(CO)c(C=NNc2cc(Cl)ccc2Cl)c1O. The Morgan fingerprint density at radius 3 is 2.86 bits per heavy atom. The zero-order chi connectivity index (χ0) is 15.4. The molecule has 0 saturated carbocycles. The number of hydrogen-bond acceptors (Lipinski definition) is 5. The molecule has 1 heterocycles. The molecule has 2 rings (SSSR count). The van der Waals surface area contributed by atoms with Crippen LogP contribution >= 0.6 is 23.2 Å². The first-order valence-electron chi connectivity index (χ1n) is 6.05. The summed E-state index contributed by atoms with van der Waals surface area (Å²) in [5.74, 6) is -0.0238. The van der Waals surface area contributed by atoms with Gasteiger partial charge in [0, 0.05) is 22.3 Å². The lowest BCUT2D eigenvalue weighted by molar-refractivity contribution is 0.280. The molecule has 0 atom stereocenters. The van der Waals surface area contributed by atoms with Crippen LogP contribution < -0.4 is 5.43 Å². The summed E-state index contributed by atoms with van der Waals surface area (Å²) in [6.07, 6.45) is 2.88. The van der Waals surface area contributed by atoms with Crippen LogP contribution in [0, 0.1) is 6.92 Å². The van der Waals surface area contributed by atoms with Crippen molar-refractivity contribution >= 4 is 35.1 Å². The van der Waals surface area contributed by atoms with Crippen LogP contribution in [0.4, 0.5) is 5.69 Å². The van der Waals surface area contributed by atoms with Crippen LogP contribution in [0.5, 0.6) is 5.75 Å². The summed E-state index contributed by atoms with van der Waals surface area (Å²) in [6, 6.07) is 4.95. The monoisotopic (exact) mass is 325 g/mol. The Morgan fingerprint density at radius 2 is 2.14 bits per heavy atom. The molecule has 0 aliphatic heterocycles. The second-order valence-electron chi connectivity index (χ2n) is 4.28. The van der Waals surface area contributed by atoms with E-state index < -0.39 is 0 Å². The Balaban J connectivity index is 2.26. The smallest absolute Gasteiger partial charge is 0.145 e. The van der Waals surface area contributed by atoms with Gasteiger partial charge in [-0.05, 0) is 25.1 Å². The lowest BCUT2D eigenvalue weighted by atomic mass is 10.1. The number of hydrogen-bond donors (Lipinski definition) is 3. The van der Waals surface area contributed by atoms with Gasteiger partial charge >= 0.3 is 0 Å². The number of aryl methyl sites for hydroxylation is 1. The number of nitrogens with one attached hydrogen (secondary N) is 1. The highest BCUT2D eigenvalue weighted by atomic mass is 35.5. The van der Waals surface area contributed by atoms with Crippen molar-refractivity contribution < 1.29 is 10.2 Å². The summed E-state index contributed by atoms with van der Waals surface area (Å²) in [5.41, 5.74) is 4.60. The Labute approximate surface area is 131 Å². The molecule has 0 fully saturated rings. The molecular weight excluding hydrogens is 313 g/mol. The van der Waals surface area contributed by atoms with Gasteiger partial charge in [-0.15, -0.1) is 0 Å². The van der Waals surface area contributed by atoms with E-state index in [0.29, 0.717) is 32.6 Å². The minimum absolute atomic E-state index is 0.0238. The molecule has 2 aromatic rings. The van der Waals surface area contributed by atoms with Gasteiger partial charge in [-0.25, -0.2) is 0 Å². The van der Waals surface area contributed by atoms with Crippen LogP contribution in [0.3, 0.4) is 0 Å². The predicted molar refractivity (Wildman–Crippen MR) is 84.2 cm³/mol. The molecule has 0 radical (unpaired) electrons. The van der Waals surface area contributed by atoms with E-state index in [9.17, 15) is 10.2 Å². The minimum Gasteiger partial charge on any atom is -0.505 e. The summed E-state index contributed by atoms with van der Waals surface area (Å²) < 4.78 is 0. The molecule has 0 aliphatic carbocycles. The maximum Gasteiger partial charge on any atom is 0.145 e. The third-order valence-electron chi connectivity index (χ3n) is 2.84. The number of aliphatic hydroxyl groups excluding tert-OH is 1. The van der Waals surface area contributed by atoms with Crippen LogP contribution in [-0.4, -0.2) is 21.4 Å². The number of nitrogens with zero attached hydrogens (tertiary/aromatic N) is 2. The maximum atomic E-state index is 9.97. The van der Waals surface area contributed by atoms with Gasteiger partial charge in [0.2, 0.25) is 0 Å². The first kappa shape index (κ1) is 15.6. The fourth-order valence-corrected chi connectivity index (χ4v) is 2.00.